The Morgan fingerprint density at radius 1 is 0.457 bits per heavy atom. The van der Waals surface area contributed by atoms with Gasteiger partial charge in [-0.3, -0.25) is 0 Å². The van der Waals surface area contributed by atoms with Gasteiger partial charge < -0.3 is 4.90 Å². The van der Waals surface area contributed by atoms with Crippen LogP contribution in [-0.2, 0) is 0 Å². The second kappa shape index (κ2) is 8.73. The van der Waals surface area contributed by atoms with Crippen LogP contribution in [-0.4, -0.2) is 4.98 Å². The van der Waals surface area contributed by atoms with Crippen LogP contribution in [0.3, 0.4) is 0 Å². The molecule has 6 rings (SSSR count). The molecule has 0 unspecified atom stereocenters. The highest BCUT2D eigenvalue weighted by Gasteiger charge is 2.14. The van der Waals surface area contributed by atoms with Crippen molar-refractivity contribution in [3.8, 4) is 11.3 Å². The monoisotopic (exact) mass is 450 g/mol. The van der Waals surface area contributed by atoms with E-state index in [1.165, 1.54) is 27.3 Å². The second-order valence-corrected chi connectivity index (χ2v) is 9.08. The third kappa shape index (κ3) is 3.94. The fraction of sp³-hybridized carbons (Fsp3) is 0.0606. The van der Waals surface area contributed by atoms with Gasteiger partial charge >= 0.3 is 0 Å². The first-order valence-electron chi connectivity index (χ1n) is 12.0. The topological polar surface area (TPSA) is 16.1 Å². The average Bonchev–Trinajstić information content (AvgIpc) is 2.91. The minimum Gasteiger partial charge on any atom is -0.311 e. The highest BCUT2D eigenvalue weighted by atomic mass is 15.1. The normalized spacial score (nSPS) is 11.1. The van der Waals surface area contributed by atoms with E-state index < -0.39 is 0 Å². The first-order chi connectivity index (χ1) is 17.2. The molecule has 1 heterocycles. The lowest BCUT2D eigenvalue weighted by molar-refractivity contribution is 1.27. The fourth-order valence-corrected chi connectivity index (χ4v) is 4.73. The second-order valence-electron chi connectivity index (χ2n) is 9.08. The van der Waals surface area contributed by atoms with Crippen molar-refractivity contribution in [3.05, 3.63) is 132 Å². The summed E-state index contributed by atoms with van der Waals surface area (Å²) < 4.78 is 0. The molecular formula is C33H26N2. The number of nitrogens with zero attached hydrogens (tertiary/aromatic N) is 2. The molecular weight excluding hydrogens is 424 g/mol. The molecule has 0 aliphatic carbocycles. The molecule has 6 aromatic rings. The van der Waals surface area contributed by atoms with E-state index >= 15 is 0 Å². The molecule has 0 fully saturated rings. The van der Waals surface area contributed by atoms with E-state index in [-0.39, 0.29) is 0 Å². The number of benzene rings is 5. The van der Waals surface area contributed by atoms with Gasteiger partial charge in [0, 0.05) is 33.4 Å². The van der Waals surface area contributed by atoms with Gasteiger partial charge in [0.2, 0.25) is 0 Å². The Hall–Kier alpha value is -4.43. The Morgan fingerprint density at radius 3 is 1.49 bits per heavy atom. The van der Waals surface area contributed by atoms with Crippen molar-refractivity contribution < 1.29 is 0 Å². The maximum atomic E-state index is 5.07. The lowest BCUT2D eigenvalue weighted by Crippen LogP contribution is -2.09. The molecule has 0 aliphatic rings. The Labute approximate surface area is 206 Å². The van der Waals surface area contributed by atoms with E-state index in [9.17, 15) is 0 Å². The third-order valence-electron chi connectivity index (χ3n) is 6.59. The molecule has 0 bridgehead atoms. The highest BCUT2D eigenvalue weighted by molar-refractivity contribution is 6.10. The van der Waals surface area contributed by atoms with Crippen molar-refractivity contribution in [2.24, 2.45) is 0 Å². The standard InChI is InChI=1S/C33H26N2/c1-23-11-17-26(18-12-23)35(27-19-13-24(2)14-20-27)28-21-15-25(16-22-28)33-31-9-4-3-7-29(31)30-8-5-6-10-32(30)34-33/h3-22H,1-2H3. The molecule has 0 spiro atoms. The van der Waals surface area contributed by atoms with E-state index in [2.05, 4.69) is 140 Å². The van der Waals surface area contributed by atoms with Gasteiger partial charge in [-0.25, -0.2) is 4.98 Å². The molecule has 0 atom stereocenters. The molecule has 1 aromatic heterocycles. The zero-order chi connectivity index (χ0) is 23.8. The maximum Gasteiger partial charge on any atom is 0.0788 e. The summed E-state index contributed by atoms with van der Waals surface area (Å²) in [5, 5.41) is 3.60. The summed E-state index contributed by atoms with van der Waals surface area (Å²) in [4.78, 5) is 7.37. The smallest absolute Gasteiger partial charge is 0.0788 e. The third-order valence-corrected chi connectivity index (χ3v) is 6.59. The predicted molar refractivity (Wildman–Crippen MR) is 149 cm³/mol. The molecule has 168 valence electrons. The largest absolute Gasteiger partial charge is 0.311 e. The van der Waals surface area contributed by atoms with Gasteiger partial charge in [0.25, 0.3) is 0 Å². The van der Waals surface area contributed by atoms with Gasteiger partial charge in [0.15, 0.2) is 0 Å². The predicted octanol–water partition coefficient (Wildman–Crippen LogP) is 9.14. The Kier molecular flexibility index (Phi) is 5.27. The van der Waals surface area contributed by atoms with Crippen LogP contribution in [0.25, 0.3) is 32.9 Å². The Morgan fingerprint density at radius 2 is 0.914 bits per heavy atom. The van der Waals surface area contributed by atoms with Gasteiger partial charge in [0.1, 0.15) is 0 Å². The van der Waals surface area contributed by atoms with Gasteiger partial charge in [-0.05, 0) is 61.7 Å². The number of fused-ring (bicyclic) bond motifs is 3. The molecule has 5 aromatic carbocycles. The SMILES string of the molecule is Cc1ccc(N(c2ccc(C)cc2)c2ccc(-c3nc4ccccc4c4ccccc34)cc2)cc1. The maximum absolute atomic E-state index is 5.07. The average molecular weight is 451 g/mol. The number of anilines is 3. The lowest BCUT2D eigenvalue weighted by Gasteiger charge is -2.26. The van der Waals surface area contributed by atoms with Crippen LogP contribution in [0, 0.1) is 13.8 Å². The molecule has 35 heavy (non-hydrogen) atoms. The molecule has 0 N–H and O–H groups in total. The summed E-state index contributed by atoms with van der Waals surface area (Å²) in [7, 11) is 0. The van der Waals surface area contributed by atoms with Gasteiger partial charge in [-0.2, -0.15) is 0 Å². The van der Waals surface area contributed by atoms with E-state index in [0.717, 1.165) is 33.8 Å². The molecule has 0 amide bonds. The van der Waals surface area contributed by atoms with Gasteiger partial charge in [0.05, 0.1) is 11.2 Å². The van der Waals surface area contributed by atoms with Crippen LogP contribution < -0.4 is 4.90 Å². The summed E-state index contributed by atoms with van der Waals surface area (Å²) in [5.41, 5.74) is 9.05. The number of hydrogen-bond donors (Lipinski definition) is 0. The van der Waals surface area contributed by atoms with Crippen LogP contribution in [0.15, 0.2) is 121 Å². The molecule has 2 heteroatoms. The summed E-state index contributed by atoms with van der Waals surface area (Å²) in [6.07, 6.45) is 0. The van der Waals surface area contributed by atoms with Crippen LogP contribution in [0.2, 0.25) is 0 Å². The summed E-state index contributed by atoms with van der Waals surface area (Å²) in [6, 6.07) is 43.1. The van der Waals surface area contributed by atoms with E-state index in [4.69, 9.17) is 4.98 Å². The molecule has 2 nitrogen and oxygen atoms in total. The zero-order valence-corrected chi connectivity index (χ0v) is 19.9. The van der Waals surface area contributed by atoms with Crippen LogP contribution in [0.5, 0.6) is 0 Å². The van der Waals surface area contributed by atoms with Crippen LogP contribution in [0.4, 0.5) is 17.1 Å². The Balaban J connectivity index is 1.48. The van der Waals surface area contributed by atoms with Crippen molar-refractivity contribution in [1.29, 1.82) is 0 Å². The van der Waals surface area contributed by atoms with E-state index in [0.29, 0.717) is 0 Å². The van der Waals surface area contributed by atoms with Crippen molar-refractivity contribution in [2.75, 3.05) is 4.90 Å². The first kappa shape index (κ1) is 21.1. The quantitative estimate of drug-likeness (QED) is 0.249. The highest BCUT2D eigenvalue weighted by Crippen LogP contribution is 2.37. The molecule has 0 radical (unpaired) electrons. The molecule has 0 saturated carbocycles. The summed E-state index contributed by atoms with van der Waals surface area (Å²) in [6.45, 7) is 4.24. The van der Waals surface area contributed by atoms with Crippen molar-refractivity contribution >= 4 is 38.7 Å². The zero-order valence-electron chi connectivity index (χ0n) is 19.9. The first-order valence-corrected chi connectivity index (χ1v) is 12.0. The number of hydrogen-bond acceptors (Lipinski definition) is 2. The van der Waals surface area contributed by atoms with Gasteiger partial charge in [-0.1, -0.05) is 90.0 Å². The van der Waals surface area contributed by atoms with Crippen LogP contribution in [0.1, 0.15) is 11.1 Å². The van der Waals surface area contributed by atoms with Crippen molar-refractivity contribution in [1.82, 2.24) is 4.98 Å². The Bertz CT molecular complexity index is 1590. The van der Waals surface area contributed by atoms with Gasteiger partial charge in [-0.15, -0.1) is 0 Å². The molecule has 0 saturated heterocycles. The minimum atomic E-state index is 1.02. The number of rotatable bonds is 4. The number of aromatic nitrogens is 1. The number of para-hydroxylation sites is 1. The number of aryl methyl sites for hydroxylation is 2. The minimum absolute atomic E-state index is 1.02. The summed E-state index contributed by atoms with van der Waals surface area (Å²) in [5.74, 6) is 0. The molecule has 0 aliphatic heterocycles. The van der Waals surface area contributed by atoms with Crippen molar-refractivity contribution in [3.63, 3.8) is 0 Å². The van der Waals surface area contributed by atoms with Crippen molar-refractivity contribution in [2.45, 2.75) is 13.8 Å². The lowest BCUT2D eigenvalue weighted by atomic mass is 10.00. The van der Waals surface area contributed by atoms with E-state index in [1.807, 2.05) is 0 Å². The fourth-order valence-electron chi connectivity index (χ4n) is 4.73. The van der Waals surface area contributed by atoms with E-state index in [1.54, 1.807) is 0 Å². The number of pyridine rings is 1. The summed E-state index contributed by atoms with van der Waals surface area (Å²) >= 11 is 0. The van der Waals surface area contributed by atoms with Crippen LogP contribution >= 0.6 is 0 Å².